The highest BCUT2D eigenvalue weighted by molar-refractivity contribution is 5.15. The van der Waals surface area contributed by atoms with E-state index in [0.717, 1.165) is 36.0 Å². The third-order valence-electron chi connectivity index (χ3n) is 6.94. The first-order valence-electron chi connectivity index (χ1n) is 12.9. The van der Waals surface area contributed by atoms with Crippen LogP contribution in [-0.4, -0.2) is 43.2 Å². The highest BCUT2D eigenvalue weighted by atomic mass is 16.6. The molecule has 0 saturated heterocycles. The van der Waals surface area contributed by atoms with Crippen LogP contribution in [0.2, 0.25) is 0 Å². The molecular weight excluding hydrogens is 452 g/mol. The van der Waals surface area contributed by atoms with Crippen LogP contribution in [0.3, 0.4) is 0 Å². The second-order valence-electron chi connectivity index (χ2n) is 9.43. The predicted molar refractivity (Wildman–Crippen MR) is 140 cm³/mol. The summed E-state index contributed by atoms with van der Waals surface area (Å²) < 4.78 is 25.7. The van der Waals surface area contributed by atoms with Crippen molar-refractivity contribution in [3.05, 3.63) is 108 Å². The number of ether oxygens (including phenoxy) is 4. The Hall–Kier alpha value is -2.54. The van der Waals surface area contributed by atoms with E-state index in [1.54, 1.807) is 7.11 Å². The van der Waals surface area contributed by atoms with Gasteiger partial charge in [0, 0.05) is 19.6 Å². The van der Waals surface area contributed by atoms with Crippen molar-refractivity contribution < 1.29 is 24.1 Å². The van der Waals surface area contributed by atoms with Crippen molar-refractivity contribution in [2.75, 3.05) is 13.7 Å². The van der Waals surface area contributed by atoms with Gasteiger partial charge in [-0.3, -0.25) is 0 Å². The maximum absolute atomic E-state index is 10.4. The first-order valence-corrected chi connectivity index (χ1v) is 12.9. The Morgan fingerprint density at radius 2 is 1.06 bits per heavy atom. The first-order chi connectivity index (χ1) is 17.8. The molecule has 1 N–H and O–H groups in total. The Balaban J connectivity index is 1.62. The molecule has 1 aliphatic carbocycles. The van der Waals surface area contributed by atoms with Crippen LogP contribution in [0, 0.1) is 5.92 Å². The zero-order chi connectivity index (χ0) is 25.0. The molecular formula is C31H38O5. The number of hydrogen-bond donors (Lipinski definition) is 1. The summed E-state index contributed by atoms with van der Waals surface area (Å²) in [5, 5.41) is 10.4. The smallest absolute Gasteiger partial charge is 0.113 e. The topological polar surface area (TPSA) is 57.2 Å². The van der Waals surface area contributed by atoms with Crippen molar-refractivity contribution in [3.8, 4) is 0 Å². The fourth-order valence-corrected chi connectivity index (χ4v) is 4.95. The molecule has 1 aliphatic rings. The second kappa shape index (κ2) is 14.3. The molecule has 0 radical (unpaired) electrons. The lowest BCUT2D eigenvalue weighted by molar-refractivity contribution is -0.204. The van der Waals surface area contributed by atoms with Gasteiger partial charge in [0.1, 0.15) is 12.2 Å². The minimum atomic E-state index is -0.417. The quantitative estimate of drug-likeness (QED) is 0.382. The van der Waals surface area contributed by atoms with E-state index >= 15 is 0 Å². The molecule has 1 saturated carbocycles. The van der Waals surface area contributed by atoms with Gasteiger partial charge >= 0.3 is 0 Å². The molecule has 192 valence electrons. The van der Waals surface area contributed by atoms with Gasteiger partial charge < -0.3 is 24.1 Å². The number of aliphatic hydroxyl groups excluding tert-OH is 1. The van der Waals surface area contributed by atoms with E-state index in [0.29, 0.717) is 19.8 Å². The van der Waals surface area contributed by atoms with Crippen molar-refractivity contribution in [2.24, 2.45) is 5.92 Å². The lowest BCUT2D eigenvalue weighted by Crippen LogP contribution is -2.53. The highest BCUT2D eigenvalue weighted by Crippen LogP contribution is 2.32. The van der Waals surface area contributed by atoms with Gasteiger partial charge in [-0.2, -0.15) is 0 Å². The van der Waals surface area contributed by atoms with E-state index in [-0.39, 0.29) is 30.8 Å². The summed E-state index contributed by atoms with van der Waals surface area (Å²) in [5.41, 5.74) is 3.26. The maximum Gasteiger partial charge on any atom is 0.113 e. The summed E-state index contributed by atoms with van der Waals surface area (Å²) in [7, 11) is 1.74. The second-order valence-corrected chi connectivity index (χ2v) is 9.43. The van der Waals surface area contributed by atoms with Crippen molar-refractivity contribution in [1.29, 1.82) is 0 Å². The number of benzene rings is 3. The zero-order valence-corrected chi connectivity index (χ0v) is 21.1. The molecule has 0 aliphatic heterocycles. The first kappa shape index (κ1) is 26.5. The number of methoxy groups -OCH3 is 1. The average molecular weight is 491 g/mol. The Labute approximate surface area is 215 Å². The fourth-order valence-electron chi connectivity index (χ4n) is 4.95. The van der Waals surface area contributed by atoms with E-state index in [1.807, 2.05) is 54.6 Å². The molecule has 0 spiro atoms. The Morgan fingerprint density at radius 1 is 0.611 bits per heavy atom. The minimum absolute atomic E-state index is 0.0354. The van der Waals surface area contributed by atoms with Crippen LogP contribution in [0.15, 0.2) is 91.0 Å². The standard InChI is InChI=1S/C31H38O5/c1-33-28-19-11-18-27(20-32)29(34-21-24-12-5-2-6-13-24)31(36-23-26-16-9-4-10-17-26)30(28)35-22-25-14-7-3-8-15-25/h2-10,12-17,27-32H,11,18-23H2,1H3/t27-,28-,29-,30+,31+/m1/s1. The average Bonchev–Trinajstić information content (AvgIpc) is 2.93. The molecule has 0 bridgehead atoms. The molecule has 5 nitrogen and oxygen atoms in total. The summed E-state index contributed by atoms with van der Waals surface area (Å²) >= 11 is 0. The third kappa shape index (κ3) is 7.48. The number of hydrogen-bond acceptors (Lipinski definition) is 5. The van der Waals surface area contributed by atoms with Crippen LogP contribution in [0.5, 0.6) is 0 Å². The van der Waals surface area contributed by atoms with Crippen molar-refractivity contribution in [3.63, 3.8) is 0 Å². The third-order valence-corrected chi connectivity index (χ3v) is 6.94. The summed E-state index contributed by atoms with van der Waals surface area (Å²) in [6, 6.07) is 30.4. The maximum atomic E-state index is 10.4. The predicted octanol–water partition coefficient (Wildman–Crippen LogP) is 5.55. The lowest BCUT2D eigenvalue weighted by atomic mass is 9.84. The van der Waals surface area contributed by atoms with Crippen molar-refractivity contribution in [2.45, 2.75) is 63.5 Å². The van der Waals surface area contributed by atoms with Gasteiger partial charge in [-0.05, 0) is 29.5 Å². The van der Waals surface area contributed by atoms with Gasteiger partial charge in [0.05, 0.1) is 32.0 Å². The summed E-state index contributed by atoms with van der Waals surface area (Å²) in [6.07, 6.45) is 1.34. The molecule has 0 heterocycles. The molecule has 5 atom stereocenters. The summed E-state index contributed by atoms with van der Waals surface area (Å²) in [6.45, 7) is 1.35. The molecule has 3 aromatic rings. The summed E-state index contributed by atoms with van der Waals surface area (Å²) in [5.74, 6) is -0.0601. The van der Waals surface area contributed by atoms with Crippen molar-refractivity contribution in [1.82, 2.24) is 0 Å². The van der Waals surface area contributed by atoms with Crippen LogP contribution in [0.25, 0.3) is 0 Å². The van der Waals surface area contributed by atoms with Gasteiger partial charge in [-0.15, -0.1) is 0 Å². The van der Waals surface area contributed by atoms with Crippen LogP contribution in [0.1, 0.15) is 36.0 Å². The lowest BCUT2D eigenvalue weighted by Gasteiger charge is -2.42. The Morgan fingerprint density at radius 3 is 1.50 bits per heavy atom. The fraction of sp³-hybridized carbons (Fsp3) is 0.419. The molecule has 0 aromatic heterocycles. The van der Waals surface area contributed by atoms with E-state index in [9.17, 15) is 5.11 Å². The normalized spacial score (nSPS) is 24.7. The number of rotatable bonds is 11. The van der Waals surface area contributed by atoms with E-state index in [2.05, 4.69) is 36.4 Å². The Bertz CT molecular complexity index is 922. The van der Waals surface area contributed by atoms with E-state index in [1.165, 1.54) is 0 Å². The van der Waals surface area contributed by atoms with Crippen LogP contribution < -0.4 is 0 Å². The highest BCUT2D eigenvalue weighted by Gasteiger charge is 2.42. The molecule has 3 aromatic carbocycles. The Kier molecular flexibility index (Phi) is 10.5. The molecule has 4 rings (SSSR count). The van der Waals surface area contributed by atoms with E-state index < -0.39 is 6.10 Å². The molecule has 0 unspecified atom stereocenters. The minimum Gasteiger partial charge on any atom is -0.396 e. The molecule has 1 fully saturated rings. The zero-order valence-electron chi connectivity index (χ0n) is 21.1. The van der Waals surface area contributed by atoms with Gasteiger partial charge in [0.15, 0.2) is 0 Å². The molecule has 5 heteroatoms. The largest absolute Gasteiger partial charge is 0.396 e. The van der Waals surface area contributed by atoms with E-state index in [4.69, 9.17) is 18.9 Å². The van der Waals surface area contributed by atoms with Crippen molar-refractivity contribution >= 4 is 0 Å². The van der Waals surface area contributed by atoms with Gasteiger partial charge in [0.25, 0.3) is 0 Å². The van der Waals surface area contributed by atoms with Gasteiger partial charge in [0.2, 0.25) is 0 Å². The monoisotopic (exact) mass is 490 g/mol. The molecule has 0 amide bonds. The van der Waals surface area contributed by atoms with Crippen LogP contribution >= 0.6 is 0 Å². The summed E-state index contributed by atoms with van der Waals surface area (Å²) in [4.78, 5) is 0. The van der Waals surface area contributed by atoms with Crippen LogP contribution in [0.4, 0.5) is 0 Å². The van der Waals surface area contributed by atoms with Gasteiger partial charge in [-0.1, -0.05) is 97.4 Å². The SMILES string of the molecule is CO[C@@H]1CCC[C@H](CO)[C@@H](OCc2ccccc2)[C@H](OCc2ccccc2)[C@H]1OCc1ccccc1. The van der Waals surface area contributed by atoms with Crippen LogP contribution in [-0.2, 0) is 38.8 Å². The number of aliphatic hydroxyl groups is 1. The molecule has 36 heavy (non-hydrogen) atoms. The van der Waals surface area contributed by atoms with Gasteiger partial charge in [-0.25, -0.2) is 0 Å².